The molecule has 0 aromatic heterocycles. The van der Waals surface area contributed by atoms with Crippen LogP contribution in [-0.4, -0.2) is 5.71 Å². The van der Waals surface area contributed by atoms with E-state index in [9.17, 15) is 4.39 Å². The maximum atomic E-state index is 14.1. The number of para-hydroxylation sites is 1. The van der Waals surface area contributed by atoms with Crippen LogP contribution in [0.15, 0.2) is 53.7 Å². The Hall–Kier alpha value is -2.36. The monoisotopic (exact) mass is 271 g/mol. The molecule has 2 aromatic carbocycles. The van der Waals surface area contributed by atoms with E-state index in [4.69, 9.17) is 9.57 Å². The minimum atomic E-state index is -0.421. The average molecular weight is 271 g/mol. The molecule has 1 aliphatic heterocycles. The Morgan fingerprint density at radius 3 is 2.65 bits per heavy atom. The molecule has 3 nitrogen and oxygen atoms in total. The molecule has 0 spiro atoms. The molecule has 0 saturated heterocycles. The van der Waals surface area contributed by atoms with Crippen molar-refractivity contribution in [1.82, 2.24) is 0 Å². The summed E-state index contributed by atoms with van der Waals surface area (Å²) in [6, 6.07) is 14.1. The molecular weight excluding hydrogens is 257 g/mol. The van der Waals surface area contributed by atoms with Crippen molar-refractivity contribution in [2.75, 3.05) is 0 Å². The maximum Gasteiger partial charge on any atom is 0.164 e. The molecule has 0 fully saturated rings. The van der Waals surface area contributed by atoms with E-state index >= 15 is 0 Å². The topological polar surface area (TPSA) is 30.8 Å². The Morgan fingerprint density at radius 2 is 1.95 bits per heavy atom. The van der Waals surface area contributed by atoms with Gasteiger partial charge in [-0.15, -0.1) is 0 Å². The Bertz CT molecular complexity index is 640. The number of hydrogen-bond donors (Lipinski definition) is 0. The normalized spacial score (nSPS) is 17.5. The second-order valence-electron chi connectivity index (χ2n) is 4.69. The summed E-state index contributed by atoms with van der Waals surface area (Å²) in [5.74, 6) is 0.786. The molecule has 0 N–H and O–H groups in total. The standard InChI is InChI=1S/C16H14FNO2/c1-11-10-15(20-18-11)16-13(17)8-5-9-14(16)19-12-6-3-2-4-7-12/h2-9,15H,10H2,1H3/t15-/m1/s1. The van der Waals surface area contributed by atoms with E-state index in [1.165, 1.54) is 6.07 Å². The second kappa shape index (κ2) is 5.33. The average Bonchev–Trinajstić information content (AvgIpc) is 2.86. The van der Waals surface area contributed by atoms with Crippen LogP contribution in [0.1, 0.15) is 25.0 Å². The van der Waals surface area contributed by atoms with Crippen molar-refractivity contribution in [3.05, 3.63) is 59.9 Å². The van der Waals surface area contributed by atoms with Crippen molar-refractivity contribution >= 4 is 5.71 Å². The third kappa shape index (κ3) is 2.50. The first-order valence-electron chi connectivity index (χ1n) is 6.44. The molecule has 0 saturated carbocycles. The first kappa shape index (κ1) is 12.7. The van der Waals surface area contributed by atoms with Gasteiger partial charge in [0.15, 0.2) is 6.10 Å². The first-order valence-corrected chi connectivity index (χ1v) is 6.44. The van der Waals surface area contributed by atoms with Crippen molar-refractivity contribution in [3.8, 4) is 11.5 Å². The molecule has 0 radical (unpaired) electrons. The highest BCUT2D eigenvalue weighted by Crippen LogP contribution is 2.37. The Balaban J connectivity index is 1.93. The number of halogens is 1. The minimum absolute atomic E-state index is 0.340. The van der Waals surface area contributed by atoms with Crippen molar-refractivity contribution in [3.63, 3.8) is 0 Å². The minimum Gasteiger partial charge on any atom is -0.457 e. The molecule has 4 heteroatoms. The van der Waals surface area contributed by atoms with Crippen LogP contribution in [0.2, 0.25) is 0 Å². The molecule has 0 aliphatic carbocycles. The first-order chi connectivity index (χ1) is 9.74. The summed E-state index contributed by atoms with van der Waals surface area (Å²) in [6.07, 6.45) is 0.154. The third-order valence-corrected chi connectivity index (χ3v) is 3.12. The van der Waals surface area contributed by atoms with Gasteiger partial charge in [-0.1, -0.05) is 29.4 Å². The van der Waals surface area contributed by atoms with Gasteiger partial charge in [0.25, 0.3) is 0 Å². The summed E-state index contributed by atoms with van der Waals surface area (Å²) >= 11 is 0. The fraction of sp³-hybridized carbons (Fsp3) is 0.188. The maximum absolute atomic E-state index is 14.1. The SMILES string of the molecule is CC1=NO[C@@H](c2c(F)cccc2Oc2ccccc2)C1. The number of rotatable bonds is 3. The summed E-state index contributed by atoms with van der Waals surface area (Å²) in [5.41, 5.74) is 1.26. The second-order valence-corrected chi connectivity index (χ2v) is 4.69. The van der Waals surface area contributed by atoms with Gasteiger partial charge in [0, 0.05) is 6.42 Å². The molecule has 2 aromatic rings. The lowest BCUT2D eigenvalue weighted by Gasteiger charge is -2.15. The Labute approximate surface area is 116 Å². The van der Waals surface area contributed by atoms with E-state index in [-0.39, 0.29) is 5.82 Å². The lowest BCUT2D eigenvalue weighted by molar-refractivity contribution is 0.0812. The molecule has 102 valence electrons. The van der Waals surface area contributed by atoms with Gasteiger partial charge in [0.05, 0.1) is 11.3 Å². The van der Waals surface area contributed by atoms with Gasteiger partial charge in [-0.05, 0) is 31.2 Å². The van der Waals surface area contributed by atoms with Gasteiger partial charge in [-0.25, -0.2) is 4.39 Å². The van der Waals surface area contributed by atoms with Crippen molar-refractivity contribution in [1.29, 1.82) is 0 Å². The van der Waals surface area contributed by atoms with Crippen LogP contribution in [0, 0.1) is 5.82 Å². The third-order valence-electron chi connectivity index (χ3n) is 3.12. The molecule has 0 amide bonds. The molecule has 0 unspecified atom stereocenters. The van der Waals surface area contributed by atoms with E-state index in [0.29, 0.717) is 23.5 Å². The predicted molar refractivity (Wildman–Crippen MR) is 74.5 cm³/mol. The Kier molecular flexibility index (Phi) is 3.37. The van der Waals surface area contributed by atoms with E-state index in [0.717, 1.165) is 5.71 Å². The summed E-state index contributed by atoms with van der Waals surface area (Å²) in [7, 11) is 0. The lowest BCUT2D eigenvalue weighted by Crippen LogP contribution is -2.04. The summed E-state index contributed by atoms with van der Waals surface area (Å²) < 4.78 is 19.9. The van der Waals surface area contributed by atoms with Gasteiger partial charge in [-0.3, -0.25) is 0 Å². The quantitative estimate of drug-likeness (QED) is 0.825. The smallest absolute Gasteiger partial charge is 0.164 e. The molecular formula is C16H14FNO2. The largest absolute Gasteiger partial charge is 0.457 e. The zero-order valence-electron chi connectivity index (χ0n) is 11.0. The van der Waals surface area contributed by atoms with Gasteiger partial charge >= 0.3 is 0 Å². The highest BCUT2D eigenvalue weighted by Gasteiger charge is 2.27. The van der Waals surface area contributed by atoms with Crippen LogP contribution in [0.3, 0.4) is 0 Å². The molecule has 1 atom stereocenters. The van der Waals surface area contributed by atoms with E-state index in [1.807, 2.05) is 37.3 Å². The molecule has 1 aliphatic rings. The number of benzene rings is 2. The van der Waals surface area contributed by atoms with Gasteiger partial charge in [0.1, 0.15) is 17.3 Å². The number of ether oxygens (including phenoxy) is 1. The highest BCUT2D eigenvalue weighted by molar-refractivity contribution is 5.83. The lowest BCUT2D eigenvalue weighted by atomic mass is 10.0. The molecule has 3 rings (SSSR count). The van der Waals surface area contributed by atoms with E-state index in [2.05, 4.69) is 5.16 Å². The van der Waals surface area contributed by atoms with Crippen molar-refractivity contribution < 1.29 is 14.0 Å². The number of oxime groups is 1. The fourth-order valence-corrected chi connectivity index (χ4v) is 2.19. The summed E-state index contributed by atoms with van der Waals surface area (Å²) in [5, 5.41) is 3.88. The Morgan fingerprint density at radius 1 is 1.15 bits per heavy atom. The van der Waals surface area contributed by atoms with Crippen LogP contribution in [0.5, 0.6) is 11.5 Å². The molecule has 1 heterocycles. The zero-order valence-corrected chi connectivity index (χ0v) is 11.0. The van der Waals surface area contributed by atoms with Crippen LogP contribution >= 0.6 is 0 Å². The highest BCUT2D eigenvalue weighted by atomic mass is 19.1. The van der Waals surface area contributed by atoms with Gasteiger partial charge in [-0.2, -0.15) is 0 Å². The number of hydrogen-bond acceptors (Lipinski definition) is 3. The van der Waals surface area contributed by atoms with Gasteiger partial charge < -0.3 is 9.57 Å². The zero-order chi connectivity index (χ0) is 13.9. The molecule has 0 bridgehead atoms. The van der Waals surface area contributed by atoms with Crippen LogP contribution in [0.25, 0.3) is 0 Å². The summed E-state index contributed by atoms with van der Waals surface area (Å²) in [4.78, 5) is 5.28. The van der Waals surface area contributed by atoms with Gasteiger partial charge in [0.2, 0.25) is 0 Å². The summed E-state index contributed by atoms with van der Waals surface area (Å²) in [6.45, 7) is 1.86. The molecule has 20 heavy (non-hydrogen) atoms. The predicted octanol–water partition coefficient (Wildman–Crippen LogP) is 4.46. The van der Waals surface area contributed by atoms with Crippen molar-refractivity contribution in [2.24, 2.45) is 5.16 Å². The van der Waals surface area contributed by atoms with E-state index in [1.54, 1.807) is 12.1 Å². The van der Waals surface area contributed by atoms with Crippen LogP contribution in [-0.2, 0) is 4.84 Å². The fourth-order valence-electron chi connectivity index (χ4n) is 2.19. The van der Waals surface area contributed by atoms with Crippen molar-refractivity contribution in [2.45, 2.75) is 19.4 Å². The number of nitrogens with zero attached hydrogens (tertiary/aromatic N) is 1. The van der Waals surface area contributed by atoms with Crippen LogP contribution < -0.4 is 4.74 Å². The van der Waals surface area contributed by atoms with E-state index < -0.39 is 6.10 Å². The van der Waals surface area contributed by atoms with Crippen LogP contribution in [0.4, 0.5) is 4.39 Å².